The van der Waals surface area contributed by atoms with Crippen molar-refractivity contribution in [3.05, 3.63) is 0 Å². The molecule has 1 heterocycles. The molecule has 0 aromatic rings. The van der Waals surface area contributed by atoms with E-state index < -0.39 is 6.10 Å². The number of aliphatic hydroxyl groups is 1. The second kappa shape index (κ2) is 10.9. The lowest BCUT2D eigenvalue weighted by molar-refractivity contribution is -0.189. The zero-order valence-electron chi connectivity index (χ0n) is 13.9. The van der Waals surface area contributed by atoms with Gasteiger partial charge in [-0.2, -0.15) is 0 Å². The Bertz CT molecular complexity index is 334. The van der Waals surface area contributed by atoms with Gasteiger partial charge in [0.2, 0.25) is 0 Å². The minimum Gasteiger partial charge on any atom is -0.393 e. The fraction of sp³-hybridized carbons (Fsp3) is 0.882. The van der Waals surface area contributed by atoms with Crippen molar-refractivity contribution in [2.24, 2.45) is 0 Å². The quantitative estimate of drug-likeness (QED) is 0.594. The molecule has 0 bridgehead atoms. The van der Waals surface area contributed by atoms with Crippen molar-refractivity contribution in [1.29, 1.82) is 0 Å². The first-order chi connectivity index (χ1) is 10.5. The number of carbonyl (C=O) groups is 2. The largest absolute Gasteiger partial charge is 0.393 e. The summed E-state index contributed by atoms with van der Waals surface area (Å²) >= 11 is 0. The van der Waals surface area contributed by atoms with Crippen LogP contribution in [0.15, 0.2) is 0 Å². The molecule has 0 radical (unpaired) electrons. The number of ether oxygens (including phenoxy) is 2. The third-order valence-corrected chi connectivity index (χ3v) is 3.84. The van der Waals surface area contributed by atoms with E-state index in [4.69, 9.17) is 14.6 Å². The second-order valence-corrected chi connectivity index (χ2v) is 6.16. The standard InChI is InChI=1S/C17H30O5/c1-3-16(22-17-9-4-5-10-21-17)8-6-7-14(19)12-15(20)11-13(2)18/h13,16-18H,3-12H2,1-2H3. The number of aliphatic hydroxyl groups excluding tert-OH is 1. The summed E-state index contributed by atoms with van der Waals surface area (Å²) < 4.78 is 11.5. The number of Topliss-reactive ketones (excluding diaryl/α,β-unsaturated/α-hetero) is 2. The first kappa shape index (κ1) is 19.3. The van der Waals surface area contributed by atoms with Gasteiger partial charge in [0.25, 0.3) is 0 Å². The molecule has 0 amide bonds. The molecule has 1 aliphatic heterocycles. The van der Waals surface area contributed by atoms with Crippen LogP contribution in [0.1, 0.15) is 71.6 Å². The summed E-state index contributed by atoms with van der Waals surface area (Å²) in [5, 5.41) is 9.11. The highest BCUT2D eigenvalue weighted by Gasteiger charge is 2.19. The highest BCUT2D eigenvalue weighted by Crippen LogP contribution is 2.19. The molecule has 1 N–H and O–H groups in total. The SMILES string of the molecule is CCC(CCCC(=O)CC(=O)CC(C)O)OC1CCCCO1. The van der Waals surface area contributed by atoms with Gasteiger partial charge in [-0.1, -0.05) is 6.92 Å². The van der Waals surface area contributed by atoms with E-state index in [-0.39, 0.29) is 36.8 Å². The van der Waals surface area contributed by atoms with Crippen molar-refractivity contribution in [3.8, 4) is 0 Å². The molecule has 1 saturated heterocycles. The van der Waals surface area contributed by atoms with E-state index in [1.807, 2.05) is 0 Å². The summed E-state index contributed by atoms with van der Waals surface area (Å²) in [5.41, 5.74) is 0. The molecular weight excluding hydrogens is 284 g/mol. The van der Waals surface area contributed by atoms with Crippen molar-refractivity contribution in [1.82, 2.24) is 0 Å². The topological polar surface area (TPSA) is 72.8 Å². The first-order valence-electron chi connectivity index (χ1n) is 8.49. The maximum absolute atomic E-state index is 11.7. The molecule has 0 saturated carbocycles. The Morgan fingerprint density at radius 3 is 2.68 bits per heavy atom. The fourth-order valence-corrected chi connectivity index (χ4v) is 2.64. The number of carbonyl (C=O) groups excluding carboxylic acids is 2. The Labute approximate surface area is 133 Å². The maximum atomic E-state index is 11.7. The highest BCUT2D eigenvalue weighted by atomic mass is 16.7. The molecule has 0 aromatic carbocycles. The summed E-state index contributed by atoms with van der Waals surface area (Å²) in [6.07, 6.45) is 5.38. The summed E-state index contributed by atoms with van der Waals surface area (Å²) in [7, 11) is 0. The van der Waals surface area contributed by atoms with Gasteiger partial charge in [0, 0.05) is 19.4 Å². The lowest BCUT2D eigenvalue weighted by Gasteiger charge is -2.27. The summed E-state index contributed by atoms with van der Waals surface area (Å²) in [5.74, 6) is -0.228. The predicted octanol–water partition coefficient (Wildman–Crippen LogP) is 2.78. The molecule has 3 unspecified atom stereocenters. The number of ketones is 2. The molecular formula is C17H30O5. The van der Waals surface area contributed by atoms with Crippen LogP contribution in [0.5, 0.6) is 0 Å². The molecule has 0 spiro atoms. The average molecular weight is 314 g/mol. The molecule has 1 fully saturated rings. The predicted molar refractivity (Wildman–Crippen MR) is 83.5 cm³/mol. The van der Waals surface area contributed by atoms with Gasteiger partial charge in [-0.25, -0.2) is 0 Å². The van der Waals surface area contributed by atoms with E-state index in [9.17, 15) is 9.59 Å². The Kier molecular flexibility index (Phi) is 9.52. The van der Waals surface area contributed by atoms with E-state index in [0.717, 1.165) is 45.1 Å². The molecule has 1 aliphatic rings. The highest BCUT2D eigenvalue weighted by molar-refractivity contribution is 5.99. The molecule has 1 rings (SSSR count). The summed E-state index contributed by atoms with van der Waals surface area (Å²) in [6.45, 7) is 4.39. The lowest BCUT2D eigenvalue weighted by Crippen LogP contribution is -2.27. The minimum absolute atomic E-state index is 0.0468. The third-order valence-electron chi connectivity index (χ3n) is 3.84. The van der Waals surface area contributed by atoms with Crippen molar-refractivity contribution in [3.63, 3.8) is 0 Å². The molecule has 0 aromatic heterocycles. The molecule has 3 atom stereocenters. The van der Waals surface area contributed by atoms with Gasteiger partial charge < -0.3 is 14.6 Å². The van der Waals surface area contributed by atoms with Crippen molar-refractivity contribution >= 4 is 11.6 Å². The molecule has 5 heteroatoms. The Morgan fingerprint density at radius 2 is 2.09 bits per heavy atom. The van der Waals surface area contributed by atoms with Gasteiger partial charge in [0.1, 0.15) is 11.6 Å². The van der Waals surface area contributed by atoms with Crippen molar-refractivity contribution in [2.45, 2.75) is 90.1 Å². The van der Waals surface area contributed by atoms with Gasteiger partial charge in [0.15, 0.2) is 6.29 Å². The second-order valence-electron chi connectivity index (χ2n) is 6.16. The van der Waals surface area contributed by atoms with Crippen LogP contribution in [0, 0.1) is 0 Å². The Hall–Kier alpha value is -0.780. The fourth-order valence-electron chi connectivity index (χ4n) is 2.64. The average Bonchev–Trinajstić information content (AvgIpc) is 2.46. The summed E-state index contributed by atoms with van der Waals surface area (Å²) in [6, 6.07) is 0. The van der Waals surface area contributed by atoms with Crippen LogP contribution < -0.4 is 0 Å². The lowest BCUT2D eigenvalue weighted by atomic mass is 10.0. The summed E-state index contributed by atoms with van der Waals surface area (Å²) in [4.78, 5) is 23.2. The first-order valence-corrected chi connectivity index (χ1v) is 8.49. The molecule has 0 aliphatic carbocycles. The Balaban J connectivity index is 2.17. The van der Waals surface area contributed by atoms with E-state index in [2.05, 4.69) is 6.92 Å². The van der Waals surface area contributed by atoms with E-state index in [1.54, 1.807) is 6.92 Å². The van der Waals surface area contributed by atoms with Gasteiger partial charge >= 0.3 is 0 Å². The van der Waals surface area contributed by atoms with Crippen molar-refractivity contribution in [2.75, 3.05) is 6.61 Å². The third kappa shape index (κ3) is 8.61. The smallest absolute Gasteiger partial charge is 0.157 e. The van der Waals surface area contributed by atoms with E-state index in [0.29, 0.717) is 6.42 Å². The molecule has 128 valence electrons. The van der Waals surface area contributed by atoms with E-state index in [1.165, 1.54) is 0 Å². The zero-order chi connectivity index (χ0) is 16.4. The number of hydrogen-bond acceptors (Lipinski definition) is 5. The normalized spacial score (nSPS) is 21.3. The minimum atomic E-state index is -0.673. The monoisotopic (exact) mass is 314 g/mol. The van der Waals surface area contributed by atoms with Crippen LogP contribution in [0.25, 0.3) is 0 Å². The number of hydrogen-bond donors (Lipinski definition) is 1. The van der Waals surface area contributed by atoms with Crippen LogP contribution in [-0.4, -0.2) is 41.8 Å². The van der Waals surface area contributed by atoms with Crippen LogP contribution in [0.4, 0.5) is 0 Å². The van der Waals surface area contributed by atoms with Crippen LogP contribution in [-0.2, 0) is 19.1 Å². The molecule has 22 heavy (non-hydrogen) atoms. The van der Waals surface area contributed by atoms with Gasteiger partial charge in [0.05, 0.1) is 18.6 Å². The molecule has 5 nitrogen and oxygen atoms in total. The maximum Gasteiger partial charge on any atom is 0.157 e. The van der Waals surface area contributed by atoms with Crippen LogP contribution in [0.2, 0.25) is 0 Å². The zero-order valence-corrected chi connectivity index (χ0v) is 13.9. The Morgan fingerprint density at radius 1 is 1.32 bits per heavy atom. The van der Waals surface area contributed by atoms with Crippen LogP contribution >= 0.6 is 0 Å². The van der Waals surface area contributed by atoms with Crippen LogP contribution in [0.3, 0.4) is 0 Å². The van der Waals surface area contributed by atoms with Gasteiger partial charge in [-0.15, -0.1) is 0 Å². The van der Waals surface area contributed by atoms with Gasteiger partial charge in [-0.3, -0.25) is 9.59 Å². The van der Waals surface area contributed by atoms with E-state index >= 15 is 0 Å². The van der Waals surface area contributed by atoms with Crippen molar-refractivity contribution < 1.29 is 24.2 Å². The number of rotatable bonds is 11. The van der Waals surface area contributed by atoms with Gasteiger partial charge in [-0.05, 0) is 45.4 Å².